The molecule has 16 heavy (non-hydrogen) atoms. The molecule has 0 aromatic heterocycles. The quantitative estimate of drug-likeness (QED) is 0.672. The first-order valence-electron chi connectivity index (χ1n) is 6.91. The molecule has 2 heteroatoms. The second-order valence-electron chi connectivity index (χ2n) is 6.44. The first-order chi connectivity index (χ1) is 7.47. The van der Waals surface area contributed by atoms with Crippen molar-refractivity contribution in [1.82, 2.24) is 10.2 Å². The molecule has 0 aromatic carbocycles. The van der Waals surface area contributed by atoms with E-state index in [9.17, 15) is 0 Å². The van der Waals surface area contributed by atoms with Crippen LogP contribution in [-0.2, 0) is 0 Å². The van der Waals surface area contributed by atoms with Crippen LogP contribution in [0.15, 0.2) is 0 Å². The van der Waals surface area contributed by atoms with Crippen molar-refractivity contribution in [1.29, 1.82) is 0 Å². The zero-order valence-electron chi connectivity index (χ0n) is 11.7. The van der Waals surface area contributed by atoms with Gasteiger partial charge in [-0.2, -0.15) is 0 Å². The topological polar surface area (TPSA) is 15.3 Å². The van der Waals surface area contributed by atoms with Gasteiger partial charge in [0.15, 0.2) is 0 Å². The summed E-state index contributed by atoms with van der Waals surface area (Å²) in [6.45, 7) is 10.4. The van der Waals surface area contributed by atoms with Gasteiger partial charge in [-0.3, -0.25) is 0 Å². The molecule has 1 fully saturated rings. The Morgan fingerprint density at radius 1 is 1.19 bits per heavy atom. The molecule has 0 unspecified atom stereocenters. The van der Waals surface area contributed by atoms with E-state index in [0.29, 0.717) is 0 Å². The fraction of sp³-hybridized carbons (Fsp3) is 1.00. The van der Waals surface area contributed by atoms with Gasteiger partial charge in [-0.1, -0.05) is 6.42 Å². The summed E-state index contributed by atoms with van der Waals surface area (Å²) in [5, 5.41) is 3.54. The molecule has 1 aliphatic rings. The molecule has 0 atom stereocenters. The van der Waals surface area contributed by atoms with E-state index in [2.05, 4.69) is 38.0 Å². The lowest BCUT2D eigenvalue weighted by Crippen LogP contribution is -2.36. The van der Waals surface area contributed by atoms with Gasteiger partial charge in [0.1, 0.15) is 0 Å². The smallest absolute Gasteiger partial charge is 0.00965 e. The second kappa shape index (κ2) is 6.61. The van der Waals surface area contributed by atoms with E-state index >= 15 is 0 Å². The van der Waals surface area contributed by atoms with E-state index in [1.807, 2.05) is 0 Å². The minimum absolute atomic E-state index is 0.276. The van der Waals surface area contributed by atoms with E-state index in [1.165, 1.54) is 45.2 Å². The number of hydrogen-bond donors (Lipinski definition) is 1. The summed E-state index contributed by atoms with van der Waals surface area (Å²) in [6.07, 6.45) is 7.03. The molecule has 0 spiro atoms. The standard InChI is InChI=1S/C14H30N2/c1-14(2,3)15-10-5-6-11-16(4)12-13-8-7-9-13/h13,15H,5-12H2,1-4H3. The molecule has 0 bridgehead atoms. The molecule has 1 rings (SSSR count). The van der Waals surface area contributed by atoms with Crippen molar-refractivity contribution in [2.45, 2.75) is 58.4 Å². The molecule has 1 N–H and O–H groups in total. The maximum Gasteiger partial charge on any atom is 0.00965 e. The molecule has 0 aromatic rings. The van der Waals surface area contributed by atoms with Gasteiger partial charge >= 0.3 is 0 Å². The Hall–Kier alpha value is -0.0800. The minimum Gasteiger partial charge on any atom is -0.312 e. The number of rotatable bonds is 7. The highest BCUT2D eigenvalue weighted by atomic mass is 15.1. The third-order valence-corrected chi connectivity index (χ3v) is 3.42. The van der Waals surface area contributed by atoms with Crippen molar-refractivity contribution in [2.24, 2.45) is 5.92 Å². The van der Waals surface area contributed by atoms with Crippen LogP contribution in [-0.4, -0.2) is 37.1 Å². The Kier molecular flexibility index (Phi) is 5.77. The van der Waals surface area contributed by atoms with Crippen molar-refractivity contribution in [3.63, 3.8) is 0 Å². The summed E-state index contributed by atoms with van der Waals surface area (Å²) < 4.78 is 0. The predicted molar refractivity (Wildman–Crippen MR) is 71.8 cm³/mol. The molecule has 1 aliphatic carbocycles. The summed E-state index contributed by atoms with van der Waals surface area (Å²) in [5.74, 6) is 1.01. The predicted octanol–water partition coefficient (Wildman–Crippen LogP) is 2.89. The van der Waals surface area contributed by atoms with Gasteiger partial charge < -0.3 is 10.2 Å². The summed E-state index contributed by atoms with van der Waals surface area (Å²) in [7, 11) is 2.27. The van der Waals surface area contributed by atoms with Crippen LogP contribution < -0.4 is 5.32 Å². The van der Waals surface area contributed by atoms with Crippen molar-refractivity contribution in [3.05, 3.63) is 0 Å². The third-order valence-electron chi connectivity index (χ3n) is 3.42. The largest absolute Gasteiger partial charge is 0.312 e. The Labute approximate surface area is 102 Å². The van der Waals surface area contributed by atoms with Gasteiger partial charge in [-0.15, -0.1) is 0 Å². The fourth-order valence-corrected chi connectivity index (χ4v) is 2.18. The molecule has 0 heterocycles. The van der Waals surface area contributed by atoms with E-state index in [4.69, 9.17) is 0 Å². The Morgan fingerprint density at radius 3 is 2.38 bits per heavy atom. The molecular weight excluding hydrogens is 196 g/mol. The van der Waals surface area contributed by atoms with Crippen LogP contribution >= 0.6 is 0 Å². The monoisotopic (exact) mass is 226 g/mol. The molecule has 0 aliphatic heterocycles. The second-order valence-corrected chi connectivity index (χ2v) is 6.44. The first-order valence-corrected chi connectivity index (χ1v) is 6.91. The maximum absolute atomic E-state index is 3.54. The van der Waals surface area contributed by atoms with Gasteiger partial charge in [0.05, 0.1) is 0 Å². The van der Waals surface area contributed by atoms with Crippen LogP contribution in [0.5, 0.6) is 0 Å². The molecule has 0 saturated heterocycles. The van der Waals surface area contributed by atoms with E-state index in [0.717, 1.165) is 12.5 Å². The van der Waals surface area contributed by atoms with Crippen LogP contribution in [0.25, 0.3) is 0 Å². The number of nitrogens with zero attached hydrogens (tertiary/aromatic N) is 1. The number of unbranched alkanes of at least 4 members (excludes halogenated alkanes) is 1. The summed E-state index contributed by atoms with van der Waals surface area (Å²) in [6, 6.07) is 0. The average molecular weight is 226 g/mol. The highest BCUT2D eigenvalue weighted by Gasteiger charge is 2.18. The number of nitrogens with one attached hydrogen (secondary N) is 1. The molecule has 96 valence electrons. The van der Waals surface area contributed by atoms with Gasteiger partial charge in [-0.25, -0.2) is 0 Å². The van der Waals surface area contributed by atoms with Gasteiger partial charge in [0.2, 0.25) is 0 Å². The third kappa shape index (κ3) is 6.49. The minimum atomic E-state index is 0.276. The van der Waals surface area contributed by atoms with Crippen molar-refractivity contribution >= 4 is 0 Å². The lowest BCUT2D eigenvalue weighted by Gasteiger charge is -2.30. The number of hydrogen-bond acceptors (Lipinski definition) is 2. The Bertz CT molecular complexity index is 180. The van der Waals surface area contributed by atoms with Gasteiger partial charge in [-0.05, 0) is 72.5 Å². The van der Waals surface area contributed by atoms with Crippen LogP contribution in [0.1, 0.15) is 52.9 Å². The van der Waals surface area contributed by atoms with E-state index in [-0.39, 0.29) is 5.54 Å². The van der Waals surface area contributed by atoms with Crippen LogP contribution in [0.4, 0.5) is 0 Å². The van der Waals surface area contributed by atoms with Gasteiger partial charge in [0.25, 0.3) is 0 Å². The van der Waals surface area contributed by atoms with E-state index in [1.54, 1.807) is 0 Å². The highest BCUT2D eigenvalue weighted by molar-refractivity contribution is 4.73. The summed E-state index contributed by atoms with van der Waals surface area (Å²) in [5.41, 5.74) is 0.276. The summed E-state index contributed by atoms with van der Waals surface area (Å²) >= 11 is 0. The summed E-state index contributed by atoms with van der Waals surface area (Å²) in [4.78, 5) is 2.51. The van der Waals surface area contributed by atoms with Gasteiger partial charge in [0, 0.05) is 12.1 Å². The van der Waals surface area contributed by atoms with E-state index < -0.39 is 0 Å². The van der Waals surface area contributed by atoms with Crippen LogP contribution in [0.2, 0.25) is 0 Å². The molecule has 1 saturated carbocycles. The maximum atomic E-state index is 3.54. The molecule has 0 amide bonds. The van der Waals surface area contributed by atoms with Crippen molar-refractivity contribution in [2.75, 3.05) is 26.7 Å². The molecule has 0 radical (unpaired) electrons. The van der Waals surface area contributed by atoms with Crippen molar-refractivity contribution < 1.29 is 0 Å². The highest BCUT2D eigenvalue weighted by Crippen LogP contribution is 2.26. The van der Waals surface area contributed by atoms with Crippen molar-refractivity contribution in [3.8, 4) is 0 Å². The lowest BCUT2D eigenvalue weighted by atomic mass is 9.85. The van der Waals surface area contributed by atoms with Crippen LogP contribution in [0, 0.1) is 5.92 Å². The SMILES string of the molecule is CN(CCCCNC(C)(C)C)CC1CCC1. The first kappa shape index (κ1) is 14.0. The molecule has 2 nitrogen and oxygen atoms in total. The lowest BCUT2D eigenvalue weighted by molar-refractivity contribution is 0.203. The zero-order chi connectivity index (χ0) is 12.0. The normalized spacial score (nSPS) is 17.8. The Balaban J connectivity index is 1.89. The van der Waals surface area contributed by atoms with Crippen LogP contribution in [0.3, 0.4) is 0 Å². The average Bonchev–Trinajstić information content (AvgIpc) is 2.09. The molecular formula is C14H30N2. The Morgan fingerprint density at radius 2 is 1.88 bits per heavy atom. The zero-order valence-corrected chi connectivity index (χ0v) is 11.7. The fourth-order valence-electron chi connectivity index (χ4n) is 2.18.